The van der Waals surface area contributed by atoms with E-state index < -0.39 is 18.2 Å². The molecule has 0 amide bonds. The Balaban J connectivity index is 1.53. The minimum Gasteiger partial charge on any atom is -0.507 e. The van der Waals surface area contributed by atoms with Crippen molar-refractivity contribution in [3.05, 3.63) is 29.3 Å². The Hall–Kier alpha value is -2.59. The van der Waals surface area contributed by atoms with Gasteiger partial charge >= 0.3 is 6.36 Å². The number of alkyl halides is 3. The van der Waals surface area contributed by atoms with Gasteiger partial charge < -0.3 is 25.0 Å². The van der Waals surface area contributed by atoms with Gasteiger partial charge in [-0.05, 0) is 43.4 Å². The van der Waals surface area contributed by atoms with Crippen LogP contribution in [-0.2, 0) is 11.2 Å². The predicted octanol–water partition coefficient (Wildman–Crippen LogP) is 4.24. The molecule has 3 N–H and O–H groups in total. The highest BCUT2D eigenvalue weighted by Crippen LogP contribution is 2.47. The summed E-state index contributed by atoms with van der Waals surface area (Å²) < 4.78 is 47.5. The lowest BCUT2D eigenvalue weighted by Gasteiger charge is -2.32. The fourth-order valence-electron chi connectivity index (χ4n) is 5.02. The van der Waals surface area contributed by atoms with Gasteiger partial charge in [0.2, 0.25) is 0 Å². The number of anilines is 1. The molecule has 2 unspecified atom stereocenters. The molecule has 3 heterocycles. The third-order valence-corrected chi connectivity index (χ3v) is 6.49. The number of nitrogens with zero attached hydrogens (tertiary/aromatic N) is 2. The van der Waals surface area contributed by atoms with Gasteiger partial charge in [0.1, 0.15) is 17.2 Å². The lowest BCUT2D eigenvalue weighted by Crippen LogP contribution is -2.37. The molecule has 3 aliphatic rings. The molecule has 5 rings (SSSR count). The Kier molecular flexibility index (Phi) is 5.37. The number of phenolic OH excluding ortho intramolecular Hbond substituents is 1. The third kappa shape index (κ3) is 4.09. The lowest BCUT2D eigenvalue weighted by atomic mass is 9.91. The van der Waals surface area contributed by atoms with E-state index in [9.17, 15) is 23.4 Å². The van der Waals surface area contributed by atoms with Crippen molar-refractivity contribution >= 4 is 5.82 Å². The van der Waals surface area contributed by atoms with E-state index in [0.717, 1.165) is 61.8 Å². The number of ether oxygens (including phenoxy) is 2. The Morgan fingerprint density at radius 2 is 1.91 bits per heavy atom. The smallest absolute Gasteiger partial charge is 0.507 e. The number of aliphatic hydroxyl groups excluding tert-OH is 1. The Bertz CT molecular complexity index is 1020. The van der Waals surface area contributed by atoms with E-state index >= 15 is 0 Å². The van der Waals surface area contributed by atoms with Crippen LogP contribution < -0.4 is 10.1 Å². The van der Waals surface area contributed by atoms with Crippen molar-refractivity contribution in [1.29, 1.82) is 0 Å². The number of halogens is 3. The highest BCUT2D eigenvalue weighted by Gasteiger charge is 2.39. The summed E-state index contributed by atoms with van der Waals surface area (Å²) in [4.78, 5) is 0. The van der Waals surface area contributed by atoms with Crippen molar-refractivity contribution in [2.24, 2.45) is 0 Å². The third-order valence-electron chi connectivity index (χ3n) is 6.49. The van der Waals surface area contributed by atoms with E-state index in [1.807, 2.05) is 0 Å². The van der Waals surface area contributed by atoms with Crippen LogP contribution in [0.3, 0.4) is 0 Å². The zero-order valence-corrected chi connectivity index (χ0v) is 17.2. The normalized spacial score (nSPS) is 27.1. The number of aromatic nitrogens is 2. The van der Waals surface area contributed by atoms with Gasteiger partial charge in [0.15, 0.2) is 5.82 Å². The van der Waals surface area contributed by atoms with E-state index in [-0.39, 0.29) is 29.6 Å². The van der Waals surface area contributed by atoms with E-state index in [0.29, 0.717) is 17.9 Å². The second-order valence-electron chi connectivity index (χ2n) is 8.65. The summed E-state index contributed by atoms with van der Waals surface area (Å²) in [5.74, 6) is -0.310. The summed E-state index contributed by atoms with van der Waals surface area (Å²) in [6.07, 6.45) is 0.389. The summed E-state index contributed by atoms with van der Waals surface area (Å²) in [6, 6.07) is 3.31. The van der Waals surface area contributed by atoms with Crippen LogP contribution in [0.4, 0.5) is 19.0 Å². The van der Waals surface area contributed by atoms with Crippen molar-refractivity contribution in [1.82, 2.24) is 10.2 Å². The number of rotatable bonds is 4. The number of hydrogen-bond donors (Lipinski definition) is 3. The Labute approximate surface area is 182 Å². The van der Waals surface area contributed by atoms with Crippen molar-refractivity contribution in [3.8, 4) is 22.8 Å². The number of benzene rings is 1. The second kappa shape index (κ2) is 8.08. The molecule has 2 aliphatic heterocycles. The predicted molar refractivity (Wildman–Crippen MR) is 108 cm³/mol. The first-order valence-electron chi connectivity index (χ1n) is 10.9. The van der Waals surface area contributed by atoms with Gasteiger partial charge in [0.25, 0.3) is 0 Å². The van der Waals surface area contributed by atoms with Gasteiger partial charge in [0, 0.05) is 23.6 Å². The molecule has 2 aromatic rings. The van der Waals surface area contributed by atoms with E-state index in [1.165, 1.54) is 6.07 Å². The molecule has 32 heavy (non-hydrogen) atoms. The number of phenols is 1. The molecular weight excluding hydrogens is 427 g/mol. The van der Waals surface area contributed by atoms with Gasteiger partial charge in [-0.15, -0.1) is 23.4 Å². The summed E-state index contributed by atoms with van der Waals surface area (Å²) in [6.45, 7) is 0. The molecule has 1 saturated carbocycles. The van der Waals surface area contributed by atoms with Crippen LogP contribution in [0.1, 0.15) is 55.8 Å². The molecule has 1 saturated heterocycles. The topological polar surface area (TPSA) is 96.7 Å². The summed E-state index contributed by atoms with van der Waals surface area (Å²) >= 11 is 0. The van der Waals surface area contributed by atoms with Crippen molar-refractivity contribution in [2.75, 3.05) is 5.32 Å². The van der Waals surface area contributed by atoms with Crippen LogP contribution in [0, 0.1) is 0 Å². The maximum Gasteiger partial charge on any atom is 0.573 e. The zero-order chi connectivity index (χ0) is 22.5. The number of fused-ring (bicyclic) bond motifs is 4. The molecule has 10 heteroatoms. The Morgan fingerprint density at radius 3 is 2.66 bits per heavy atom. The van der Waals surface area contributed by atoms with Gasteiger partial charge in [-0.25, -0.2) is 0 Å². The van der Waals surface area contributed by atoms with Crippen molar-refractivity contribution < 1.29 is 32.9 Å². The molecular formula is C22H24F3N3O4. The molecule has 2 fully saturated rings. The zero-order valence-electron chi connectivity index (χ0n) is 17.2. The fraction of sp³-hybridized carbons (Fsp3) is 0.545. The maximum absolute atomic E-state index is 12.5. The van der Waals surface area contributed by atoms with Crippen LogP contribution in [0.15, 0.2) is 18.2 Å². The van der Waals surface area contributed by atoms with E-state index in [1.54, 1.807) is 0 Å². The minimum absolute atomic E-state index is 0.0264. The average Bonchev–Trinajstić information content (AvgIpc) is 3.10. The molecule has 1 aliphatic carbocycles. The first kappa shape index (κ1) is 21.3. The monoisotopic (exact) mass is 451 g/mol. The van der Waals surface area contributed by atoms with Crippen LogP contribution in [0.25, 0.3) is 11.3 Å². The maximum atomic E-state index is 12.5. The number of aromatic hydroxyl groups is 1. The van der Waals surface area contributed by atoms with E-state index in [2.05, 4.69) is 20.3 Å². The summed E-state index contributed by atoms with van der Waals surface area (Å²) in [5.41, 5.74) is 2.43. The molecule has 0 radical (unpaired) electrons. The van der Waals surface area contributed by atoms with Gasteiger partial charge in [-0.3, -0.25) is 0 Å². The standard InChI is InChI=1S/C22H24F3N3O4/c23-22(24,25)32-12-5-7-13(17(30)10-12)20-14-9-11-6-8-18(31-11)19(14)21(28-27-20)26-15-3-1-2-4-16(15)29/h5,7,10-11,15-16,18,29-30H,1-4,6,8-9H2,(H,26,28)/t11?,15-,16-,18?/m1/s1. The molecule has 172 valence electrons. The van der Waals surface area contributed by atoms with Crippen LogP contribution in [-0.4, -0.2) is 45.0 Å². The van der Waals surface area contributed by atoms with Crippen LogP contribution in [0.2, 0.25) is 0 Å². The molecule has 2 bridgehead atoms. The summed E-state index contributed by atoms with van der Waals surface area (Å²) in [5, 5.41) is 32.9. The van der Waals surface area contributed by atoms with Crippen LogP contribution in [0.5, 0.6) is 11.5 Å². The van der Waals surface area contributed by atoms with Crippen molar-refractivity contribution in [3.63, 3.8) is 0 Å². The average molecular weight is 451 g/mol. The molecule has 1 aromatic carbocycles. The molecule has 0 spiro atoms. The van der Waals surface area contributed by atoms with Crippen LogP contribution >= 0.6 is 0 Å². The quantitative estimate of drug-likeness (QED) is 0.640. The molecule has 1 aromatic heterocycles. The first-order valence-corrected chi connectivity index (χ1v) is 10.9. The number of hydrogen-bond acceptors (Lipinski definition) is 7. The lowest BCUT2D eigenvalue weighted by molar-refractivity contribution is -0.274. The molecule has 4 atom stereocenters. The van der Waals surface area contributed by atoms with Gasteiger partial charge in [-0.2, -0.15) is 0 Å². The highest BCUT2D eigenvalue weighted by atomic mass is 19.4. The SMILES string of the molecule is Oc1cc(OC(F)(F)F)ccc1-c1nnc(N[C@@H]2CCCC[C@H]2O)c2c1CC1CCC2O1. The van der Waals surface area contributed by atoms with E-state index in [4.69, 9.17) is 4.74 Å². The number of aliphatic hydroxyl groups is 1. The largest absolute Gasteiger partial charge is 0.573 e. The summed E-state index contributed by atoms with van der Waals surface area (Å²) in [7, 11) is 0. The minimum atomic E-state index is -4.85. The van der Waals surface area contributed by atoms with Gasteiger partial charge in [-0.1, -0.05) is 12.8 Å². The van der Waals surface area contributed by atoms with Crippen molar-refractivity contribution in [2.45, 2.75) is 75.7 Å². The molecule has 7 nitrogen and oxygen atoms in total. The first-order chi connectivity index (χ1) is 15.3. The Morgan fingerprint density at radius 1 is 1.09 bits per heavy atom. The highest BCUT2D eigenvalue weighted by molar-refractivity contribution is 5.74. The fourth-order valence-corrected chi connectivity index (χ4v) is 5.02. The number of nitrogens with one attached hydrogen (secondary N) is 1. The second-order valence-corrected chi connectivity index (χ2v) is 8.65. The van der Waals surface area contributed by atoms with Gasteiger partial charge in [0.05, 0.1) is 24.4 Å².